The number of carbonyl (C=O) groups excluding carboxylic acids is 2. The molecular weight excluding hydrogens is 410 g/mol. The van der Waals surface area contributed by atoms with Crippen LogP contribution in [0, 0.1) is 0 Å². The number of ether oxygens (including phenoxy) is 2. The van der Waals surface area contributed by atoms with Crippen LogP contribution in [-0.2, 0) is 16.0 Å². The summed E-state index contributed by atoms with van der Waals surface area (Å²) in [5.74, 6) is -0.398. The molecule has 0 aliphatic rings. The fourth-order valence-corrected chi connectivity index (χ4v) is 3.24. The van der Waals surface area contributed by atoms with Crippen LogP contribution in [0.3, 0.4) is 0 Å². The molecule has 0 saturated heterocycles. The first-order valence-electron chi connectivity index (χ1n) is 10.4. The molecule has 3 aromatic rings. The van der Waals surface area contributed by atoms with E-state index in [-0.39, 0.29) is 17.3 Å². The Morgan fingerprint density at radius 1 is 1.03 bits per heavy atom. The predicted molar refractivity (Wildman–Crippen MR) is 121 cm³/mol. The van der Waals surface area contributed by atoms with E-state index in [4.69, 9.17) is 9.47 Å². The highest BCUT2D eigenvalue weighted by Gasteiger charge is 2.23. The predicted octanol–water partition coefficient (Wildman–Crippen LogP) is 2.89. The summed E-state index contributed by atoms with van der Waals surface area (Å²) in [5, 5.41) is 7.75. The van der Waals surface area contributed by atoms with E-state index < -0.39 is 18.0 Å². The molecule has 2 aromatic carbocycles. The van der Waals surface area contributed by atoms with Gasteiger partial charge in [0.05, 0.1) is 18.5 Å². The van der Waals surface area contributed by atoms with Gasteiger partial charge in [-0.15, -0.1) is 0 Å². The van der Waals surface area contributed by atoms with Gasteiger partial charge in [-0.25, -0.2) is 9.48 Å². The van der Waals surface area contributed by atoms with Crippen LogP contribution in [0.1, 0.15) is 42.9 Å². The van der Waals surface area contributed by atoms with Crippen molar-refractivity contribution in [2.45, 2.75) is 39.3 Å². The molecule has 1 N–H and O–H groups in total. The van der Waals surface area contributed by atoms with Crippen molar-refractivity contribution in [3.05, 3.63) is 70.1 Å². The molecule has 1 aromatic heterocycles. The second-order valence-electron chi connectivity index (χ2n) is 7.67. The van der Waals surface area contributed by atoms with Gasteiger partial charge in [-0.2, -0.15) is 5.10 Å². The van der Waals surface area contributed by atoms with E-state index in [1.807, 2.05) is 24.3 Å². The number of fused-ring (bicyclic) bond motifs is 1. The van der Waals surface area contributed by atoms with E-state index in [1.165, 1.54) is 11.6 Å². The minimum atomic E-state index is -1.02. The van der Waals surface area contributed by atoms with Gasteiger partial charge >= 0.3 is 5.97 Å². The number of esters is 1. The van der Waals surface area contributed by atoms with Crippen LogP contribution in [0.2, 0.25) is 0 Å². The number of methoxy groups -OCH3 is 1. The Hall–Kier alpha value is -3.68. The van der Waals surface area contributed by atoms with E-state index in [0.717, 1.165) is 11.3 Å². The van der Waals surface area contributed by atoms with Crippen molar-refractivity contribution < 1.29 is 19.1 Å². The lowest BCUT2D eigenvalue weighted by Gasteiger charge is -2.16. The summed E-state index contributed by atoms with van der Waals surface area (Å²) in [6, 6.07) is 14.1. The molecule has 0 aliphatic carbocycles. The van der Waals surface area contributed by atoms with E-state index in [0.29, 0.717) is 23.7 Å². The molecule has 0 aliphatic heterocycles. The monoisotopic (exact) mass is 437 g/mol. The first-order valence-corrected chi connectivity index (χ1v) is 10.4. The minimum absolute atomic E-state index is 0.00628. The largest absolute Gasteiger partial charge is 0.497 e. The second kappa shape index (κ2) is 10.1. The van der Waals surface area contributed by atoms with Gasteiger partial charge in [-0.3, -0.25) is 9.59 Å². The molecule has 0 fully saturated rings. The summed E-state index contributed by atoms with van der Waals surface area (Å²) in [7, 11) is 1.60. The Balaban J connectivity index is 1.67. The first-order chi connectivity index (χ1) is 15.3. The number of nitrogens with zero attached hydrogens (tertiary/aromatic N) is 2. The zero-order valence-electron chi connectivity index (χ0n) is 18.6. The van der Waals surface area contributed by atoms with Crippen LogP contribution in [-0.4, -0.2) is 41.4 Å². The smallest absolute Gasteiger partial charge is 0.360 e. The number of hydrogen-bond acceptors (Lipinski definition) is 6. The van der Waals surface area contributed by atoms with E-state index in [1.54, 1.807) is 45.2 Å². The molecule has 0 saturated carbocycles. The third-order valence-electron chi connectivity index (χ3n) is 5.04. The Kier molecular flexibility index (Phi) is 7.25. The maximum absolute atomic E-state index is 12.8. The number of rotatable bonds is 8. The molecule has 8 heteroatoms. The number of hydrogen-bond donors (Lipinski definition) is 1. The van der Waals surface area contributed by atoms with Gasteiger partial charge in [-0.05, 0) is 51.0 Å². The zero-order valence-corrected chi connectivity index (χ0v) is 18.6. The molecule has 0 bridgehead atoms. The standard InChI is InChI=1S/C24H27N3O5/c1-15(2)27-23(29)20-8-6-5-7-19(20)21(26-27)24(30)32-16(3)22(28)25-14-13-17-9-11-18(31-4)12-10-17/h5-12,15-16H,13-14H2,1-4H3,(H,25,28). The van der Waals surface area contributed by atoms with Gasteiger partial charge in [-0.1, -0.05) is 30.3 Å². The molecule has 168 valence electrons. The molecule has 1 unspecified atom stereocenters. The highest BCUT2D eigenvalue weighted by Crippen LogP contribution is 2.16. The third-order valence-corrected chi connectivity index (χ3v) is 5.04. The summed E-state index contributed by atoms with van der Waals surface area (Å²) in [5.41, 5.74) is 0.769. The number of amides is 1. The fraction of sp³-hybridized carbons (Fsp3) is 0.333. The van der Waals surface area contributed by atoms with Crippen molar-refractivity contribution in [3.63, 3.8) is 0 Å². The summed E-state index contributed by atoms with van der Waals surface area (Å²) in [4.78, 5) is 37.9. The molecular formula is C24H27N3O5. The SMILES string of the molecule is COc1ccc(CCNC(=O)C(C)OC(=O)c2nn(C(C)C)c(=O)c3ccccc23)cc1. The molecule has 1 amide bonds. The third kappa shape index (κ3) is 5.14. The lowest BCUT2D eigenvalue weighted by molar-refractivity contribution is -0.129. The Labute approximate surface area is 186 Å². The van der Waals surface area contributed by atoms with Gasteiger partial charge in [0.15, 0.2) is 11.8 Å². The normalized spacial score (nSPS) is 11.9. The number of carbonyl (C=O) groups is 2. The lowest BCUT2D eigenvalue weighted by Crippen LogP contribution is -2.37. The van der Waals surface area contributed by atoms with Crippen LogP contribution in [0.5, 0.6) is 5.75 Å². The van der Waals surface area contributed by atoms with Crippen molar-refractivity contribution in [3.8, 4) is 5.75 Å². The van der Waals surface area contributed by atoms with Crippen molar-refractivity contribution in [1.82, 2.24) is 15.1 Å². The molecule has 1 atom stereocenters. The molecule has 0 radical (unpaired) electrons. The average Bonchev–Trinajstić information content (AvgIpc) is 2.79. The zero-order chi connectivity index (χ0) is 23.3. The highest BCUT2D eigenvalue weighted by molar-refractivity contribution is 6.02. The lowest BCUT2D eigenvalue weighted by atomic mass is 10.1. The summed E-state index contributed by atoms with van der Waals surface area (Å²) in [6.07, 6.45) is -0.388. The fourth-order valence-electron chi connectivity index (χ4n) is 3.24. The van der Waals surface area contributed by atoms with Crippen molar-refractivity contribution in [2.75, 3.05) is 13.7 Å². The summed E-state index contributed by atoms with van der Waals surface area (Å²) in [6.45, 7) is 5.50. The maximum atomic E-state index is 12.8. The van der Waals surface area contributed by atoms with E-state index in [9.17, 15) is 14.4 Å². The number of nitrogens with one attached hydrogen (secondary N) is 1. The van der Waals surface area contributed by atoms with E-state index >= 15 is 0 Å². The Morgan fingerprint density at radius 2 is 1.69 bits per heavy atom. The minimum Gasteiger partial charge on any atom is -0.497 e. The van der Waals surface area contributed by atoms with Gasteiger partial charge in [0.25, 0.3) is 11.5 Å². The van der Waals surface area contributed by atoms with Crippen LogP contribution >= 0.6 is 0 Å². The Bertz CT molecular complexity index is 1170. The highest BCUT2D eigenvalue weighted by atomic mass is 16.5. The van der Waals surface area contributed by atoms with Gasteiger partial charge < -0.3 is 14.8 Å². The van der Waals surface area contributed by atoms with Gasteiger partial charge in [0, 0.05) is 11.9 Å². The van der Waals surface area contributed by atoms with E-state index in [2.05, 4.69) is 10.4 Å². The molecule has 8 nitrogen and oxygen atoms in total. The number of benzene rings is 2. The summed E-state index contributed by atoms with van der Waals surface area (Å²) < 4.78 is 11.7. The number of aromatic nitrogens is 2. The Morgan fingerprint density at radius 3 is 2.31 bits per heavy atom. The maximum Gasteiger partial charge on any atom is 0.360 e. The van der Waals surface area contributed by atoms with Crippen LogP contribution in [0.25, 0.3) is 10.8 Å². The average molecular weight is 437 g/mol. The topological polar surface area (TPSA) is 99.5 Å². The first kappa shape index (κ1) is 23.0. The van der Waals surface area contributed by atoms with Crippen molar-refractivity contribution in [1.29, 1.82) is 0 Å². The molecule has 0 spiro atoms. The molecule has 32 heavy (non-hydrogen) atoms. The van der Waals surface area contributed by atoms with Crippen LogP contribution in [0.15, 0.2) is 53.3 Å². The quantitative estimate of drug-likeness (QED) is 0.544. The molecule has 3 rings (SSSR count). The van der Waals surface area contributed by atoms with Gasteiger partial charge in [0.1, 0.15) is 5.75 Å². The van der Waals surface area contributed by atoms with Crippen LogP contribution in [0.4, 0.5) is 0 Å². The van der Waals surface area contributed by atoms with Crippen LogP contribution < -0.4 is 15.6 Å². The second-order valence-corrected chi connectivity index (χ2v) is 7.67. The van der Waals surface area contributed by atoms with Crippen molar-refractivity contribution >= 4 is 22.6 Å². The molecule has 1 heterocycles. The summed E-state index contributed by atoms with van der Waals surface area (Å²) >= 11 is 0. The van der Waals surface area contributed by atoms with Gasteiger partial charge in [0.2, 0.25) is 0 Å². The van der Waals surface area contributed by atoms with Crippen molar-refractivity contribution in [2.24, 2.45) is 0 Å².